The highest BCUT2D eigenvalue weighted by molar-refractivity contribution is 6.30. The molecular weight excluding hydrogens is 372 g/mol. The van der Waals surface area contributed by atoms with Crippen molar-refractivity contribution in [3.8, 4) is 11.5 Å². The molecule has 0 saturated carbocycles. The van der Waals surface area contributed by atoms with E-state index in [4.69, 9.17) is 30.5 Å². The topological polar surface area (TPSA) is 71.1 Å². The summed E-state index contributed by atoms with van der Waals surface area (Å²) in [5, 5.41) is 0.583. The van der Waals surface area contributed by atoms with Crippen LogP contribution in [-0.4, -0.2) is 37.9 Å². The van der Waals surface area contributed by atoms with Crippen molar-refractivity contribution < 1.29 is 28.5 Å². The first-order valence-corrected chi connectivity index (χ1v) is 8.96. The van der Waals surface area contributed by atoms with Gasteiger partial charge in [0.05, 0.1) is 11.7 Å². The SMILES string of the molecule is O=C(COc1ccc(Cl)cc1)Oc1ccc(C(=O)OCC2CCCO2)cc1. The van der Waals surface area contributed by atoms with Crippen LogP contribution in [0.15, 0.2) is 48.5 Å². The lowest BCUT2D eigenvalue weighted by Crippen LogP contribution is -2.18. The van der Waals surface area contributed by atoms with Crippen molar-refractivity contribution in [2.24, 2.45) is 0 Å². The van der Waals surface area contributed by atoms with E-state index in [1.807, 2.05) is 0 Å². The first-order valence-electron chi connectivity index (χ1n) is 8.58. The molecular formula is C20H19ClO6. The van der Waals surface area contributed by atoms with Gasteiger partial charge in [0.1, 0.15) is 18.1 Å². The predicted molar refractivity (Wildman–Crippen MR) is 98.3 cm³/mol. The van der Waals surface area contributed by atoms with E-state index in [0.717, 1.165) is 12.8 Å². The molecule has 1 aliphatic rings. The summed E-state index contributed by atoms with van der Waals surface area (Å²) in [7, 11) is 0. The second-order valence-electron chi connectivity index (χ2n) is 5.97. The summed E-state index contributed by atoms with van der Waals surface area (Å²) in [4.78, 5) is 23.8. The van der Waals surface area contributed by atoms with E-state index in [1.54, 1.807) is 36.4 Å². The Hall–Kier alpha value is -2.57. The highest BCUT2D eigenvalue weighted by Gasteiger charge is 2.18. The lowest BCUT2D eigenvalue weighted by Gasteiger charge is -2.10. The minimum absolute atomic E-state index is 0.0187. The van der Waals surface area contributed by atoms with E-state index in [0.29, 0.717) is 28.7 Å². The molecule has 1 aliphatic heterocycles. The average Bonchev–Trinajstić information content (AvgIpc) is 3.20. The van der Waals surface area contributed by atoms with Crippen molar-refractivity contribution in [1.82, 2.24) is 0 Å². The molecule has 0 spiro atoms. The summed E-state index contributed by atoms with van der Waals surface area (Å²) >= 11 is 5.78. The lowest BCUT2D eigenvalue weighted by atomic mass is 10.2. The third-order valence-electron chi connectivity index (χ3n) is 3.92. The summed E-state index contributed by atoms with van der Waals surface area (Å²) in [5.41, 5.74) is 0.380. The molecule has 0 aliphatic carbocycles. The van der Waals surface area contributed by atoms with Gasteiger partial charge in [-0.1, -0.05) is 11.6 Å². The van der Waals surface area contributed by atoms with Gasteiger partial charge in [0.2, 0.25) is 0 Å². The fraction of sp³-hybridized carbons (Fsp3) is 0.300. The zero-order chi connectivity index (χ0) is 19.1. The van der Waals surface area contributed by atoms with Gasteiger partial charge in [-0.25, -0.2) is 9.59 Å². The van der Waals surface area contributed by atoms with Crippen LogP contribution < -0.4 is 9.47 Å². The lowest BCUT2D eigenvalue weighted by molar-refractivity contribution is -0.136. The van der Waals surface area contributed by atoms with Crippen LogP contribution in [0.1, 0.15) is 23.2 Å². The molecule has 7 heteroatoms. The molecule has 2 aromatic rings. The Morgan fingerprint density at radius 1 is 1.04 bits per heavy atom. The molecule has 142 valence electrons. The van der Waals surface area contributed by atoms with Crippen LogP contribution in [0.25, 0.3) is 0 Å². The normalized spacial score (nSPS) is 16.0. The van der Waals surface area contributed by atoms with Gasteiger partial charge in [0.15, 0.2) is 6.61 Å². The van der Waals surface area contributed by atoms with Crippen molar-refractivity contribution in [2.45, 2.75) is 18.9 Å². The third-order valence-corrected chi connectivity index (χ3v) is 4.17. The second-order valence-corrected chi connectivity index (χ2v) is 6.41. The Labute approximate surface area is 161 Å². The minimum Gasteiger partial charge on any atom is -0.482 e. The predicted octanol–water partition coefficient (Wildman–Crippen LogP) is 3.66. The Morgan fingerprint density at radius 3 is 2.41 bits per heavy atom. The molecule has 0 amide bonds. The number of carbonyl (C=O) groups excluding carboxylic acids is 2. The maximum absolute atomic E-state index is 12.0. The smallest absolute Gasteiger partial charge is 0.349 e. The Bertz CT molecular complexity index is 766. The van der Waals surface area contributed by atoms with Crippen LogP contribution in [-0.2, 0) is 14.3 Å². The quantitative estimate of drug-likeness (QED) is 0.530. The fourth-order valence-corrected chi connectivity index (χ4v) is 2.65. The largest absolute Gasteiger partial charge is 0.482 e. The molecule has 0 aromatic heterocycles. The van der Waals surface area contributed by atoms with Crippen LogP contribution in [0.3, 0.4) is 0 Å². The van der Waals surface area contributed by atoms with E-state index in [9.17, 15) is 9.59 Å². The molecule has 0 bridgehead atoms. The van der Waals surface area contributed by atoms with Crippen molar-refractivity contribution >= 4 is 23.5 Å². The van der Waals surface area contributed by atoms with Crippen molar-refractivity contribution in [3.63, 3.8) is 0 Å². The fourth-order valence-electron chi connectivity index (χ4n) is 2.52. The van der Waals surface area contributed by atoms with E-state index in [-0.39, 0.29) is 19.3 Å². The summed E-state index contributed by atoms with van der Waals surface area (Å²) in [5.74, 6) is -0.163. The first-order chi connectivity index (χ1) is 13.1. The van der Waals surface area contributed by atoms with Crippen molar-refractivity contribution in [3.05, 3.63) is 59.1 Å². The number of hydrogen-bond donors (Lipinski definition) is 0. The summed E-state index contributed by atoms with van der Waals surface area (Å²) in [6, 6.07) is 12.8. The van der Waals surface area contributed by atoms with Crippen LogP contribution in [0.5, 0.6) is 11.5 Å². The van der Waals surface area contributed by atoms with Gasteiger partial charge in [0.25, 0.3) is 0 Å². The summed E-state index contributed by atoms with van der Waals surface area (Å²) in [6.45, 7) is 0.717. The maximum atomic E-state index is 12.0. The zero-order valence-electron chi connectivity index (χ0n) is 14.6. The number of rotatable bonds is 7. The number of hydrogen-bond acceptors (Lipinski definition) is 6. The van der Waals surface area contributed by atoms with Gasteiger partial charge in [-0.2, -0.15) is 0 Å². The molecule has 27 heavy (non-hydrogen) atoms. The highest BCUT2D eigenvalue weighted by Crippen LogP contribution is 2.17. The molecule has 0 radical (unpaired) electrons. The average molecular weight is 391 g/mol. The molecule has 1 saturated heterocycles. The molecule has 1 atom stereocenters. The standard InChI is InChI=1S/C20H19ClO6/c21-15-5-9-16(10-6-15)25-13-19(22)27-17-7-3-14(4-8-17)20(23)26-12-18-2-1-11-24-18/h3-10,18H,1-2,11-13H2. The summed E-state index contributed by atoms with van der Waals surface area (Å²) < 4.78 is 21.1. The van der Waals surface area contributed by atoms with Gasteiger partial charge in [-0.3, -0.25) is 0 Å². The third kappa shape index (κ3) is 5.98. The molecule has 1 unspecified atom stereocenters. The van der Waals surface area contributed by atoms with Crippen LogP contribution >= 0.6 is 11.6 Å². The molecule has 2 aromatic carbocycles. The molecule has 0 N–H and O–H groups in total. The van der Waals surface area contributed by atoms with Crippen molar-refractivity contribution in [1.29, 1.82) is 0 Å². The Kier molecular flexibility index (Phi) is 6.68. The first kappa shape index (κ1) is 19.2. The van der Waals surface area contributed by atoms with Gasteiger partial charge >= 0.3 is 11.9 Å². The van der Waals surface area contributed by atoms with Crippen LogP contribution in [0, 0.1) is 0 Å². The van der Waals surface area contributed by atoms with E-state index in [2.05, 4.69) is 0 Å². The molecule has 6 nitrogen and oxygen atoms in total. The number of carbonyl (C=O) groups is 2. The molecule has 1 fully saturated rings. The molecule has 3 rings (SSSR count). The van der Waals surface area contributed by atoms with Crippen LogP contribution in [0.4, 0.5) is 0 Å². The van der Waals surface area contributed by atoms with E-state index >= 15 is 0 Å². The van der Waals surface area contributed by atoms with Gasteiger partial charge < -0.3 is 18.9 Å². The minimum atomic E-state index is -0.557. The maximum Gasteiger partial charge on any atom is 0.349 e. The zero-order valence-corrected chi connectivity index (χ0v) is 15.3. The number of esters is 2. The Morgan fingerprint density at radius 2 is 1.74 bits per heavy atom. The molecule has 1 heterocycles. The Balaban J connectivity index is 1.44. The van der Waals surface area contributed by atoms with E-state index < -0.39 is 11.9 Å². The van der Waals surface area contributed by atoms with E-state index in [1.165, 1.54) is 12.1 Å². The highest BCUT2D eigenvalue weighted by atomic mass is 35.5. The van der Waals surface area contributed by atoms with Crippen molar-refractivity contribution in [2.75, 3.05) is 19.8 Å². The second kappa shape index (κ2) is 9.39. The van der Waals surface area contributed by atoms with Gasteiger partial charge in [-0.05, 0) is 61.4 Å². The van der Waals surface area contributed by atoms with Gasteiger partial charge in [-0.15, -0.1) is 0 Å². The van der Waals surface area contributed by atoms with Crippen LogP contribution in [0.2, 0.25) is 5.02 Å². The van der Waals surface area contributed by atoms with Gasteiger partial charge in [0, 0.05) is 11.6 Å². The monoisotopic (exact) mass is 390 g/mol. The number of ether oxygens (including phenoxy) is 4. The number of benzene rings is 2. The summed E-state index contributed by atoms with van der Waals surface area (Å²) in [6.07, 6.45) is 1.87. The number of halogens is 1.